The van der Waals surface area contributed by atoms with Crippen LogP contribution in [0.4, 0.5) is 0 Å². The number of carbonyl (C=O) groups excluding carboxylic acids is 1. The van der Waals surface area contributed by atoms with Gasteiger partial charge in [-0.2, -0.15) is 5.10 Å². The third-order valence-corrected chi connectivity index (χ3v) is 4.26. The van der Waals surface area contributed by atoms with Gasteiger partial charge in [-0.3, -0.25) is 9.48 Å². The molecule has 6 nitrogen and oxygen atoms in total. The van der Waals surface area contributed by atoms with E-state index >= 15 is 0 Å². The summed E-state index contributed by atoms with van der Waals surface area (Å²) in [5.41, 5.74) is 1.94. The zero-order valence-corrected chi connectivity index (χ0v) is 12.9. The zero-order chi connectivity index (χ0) is 15.8. The highest BCUT2D eigenvalue weighted by Crippen LogP contribution is 2.48. The number of hydrogen-bond acceptors (Lipinski definition) is 5. The van der Waals surface area contributed by atoms with Crippen LogP contribution in [0.5, 0.6) is 11.5 Å². The molecule has 2 heterocycles. The molecule has 23 heavy (non-hydrogen) atoms. The quantitative estimate of drug-likeness (QED) is 0.808. The van der Waals surface area contributed by atoms with Crippen LogP contribution >= 0.6 is 0 Å². The lowest BCUT2D eigenvalue weighted by Crippen LogP contribution is -2.17. The molecule has 1 saturated carbocycles. The summed E-state index contributed by atoms with van der Waals surface area (Å²) in [7, 11) is 1.87. The largest absolute Gasteiger partial charge is 0.486 e. The van der Waals surface area contributed by atoms with Gasteiger partial charge in [-0.05, 0) is 18.1 Å². The first-order chi connectivity index (χ1) is 11.2. The summed E-state index contributed by atoms with van der Waals surface area (Å²) in [5.74, 6) is 1.42. The van der Waals surface area contributed by atoms with Crippen molar-refractivity contribution in [2.75, 3.05) is 13.2 Å². The van der Waals surface area contributed by atoms with Crippen LogP contribution in [0.1, 0.15) is 23.5 Å². The Kier molecular flexibility index (Phi) is 3.44. The number of hydrogen-bond donors (Lipinski definition) is 0. The Morgan fingerprint density at radius 1 is 1.39 bits per heavy atom. The fourth-order valence-electron chi connectivity index (χ4n) is 2.96. The Hall–Kier alpha value is -2.50. The summed E-state index contributed by atoms with van der Waals surface area (Å²) in [6.07, 6.45) is 4.60. The molecule has 2 atom stereocenters. The monoisotopic (exact) mass is 314 g/mol. The Morgan fingerprint density at radius 3 is 3.09 bits per heavy atom. The molecule has 0 radical (unpaired) electrons. The van der Waals surface area contributed by atoms with Gasteiger partial charge in [0.1, 0.15) is 19.8 Å². The molecular weight excluding hydrogens is 296 g/mol. The van der Waals surface area contributed by atoms with E-state index in [4.69, 9.17) is 14.2 Å². The molecule has 0 unspecified atom stereocenters. The molecule has 1 aromatic heterocycles. The fraction of sp³-hybridized carbons (Fsp3) is 0.412. The van der Waals surface area contributed by atoms with Gasteiger partial charge in [-0.1, -0.05) is 12.1 Å². The van der Waals surface area contributed by atoms with Crippen molar-refractivity contribution in [2.24, 2.45) is 13.0 Å². The second-order valence-electron chi connectivity index (χ2n) is 5.95. The molecule has 2 aliphatic rings. The normalized spacial score (nSPS) is 21.8. The maximum Gasteiger partial charge on any atom is 0.309 e. The fourth-order valence-corrected chi connectivity index (χ4v) is 2.96. The number of esters is 1. The van der Waals surface area contributed by atoms with Gasteiger partial charge >= 0.3 is 5.97 Å². The standard InChI is InChI=1S/C17H18N2O4/c1-19-9-12(8-18-19)13-7-14(13)17(20)23-10-11-3-2-4-15-16(11)22-6-5-21-15/h2-4,8-9,13-14H,5-7,10H2,1H3/t13-,14+/m0/s1. The van der Waals surface area contributed by atoms with Crippen molar-refractivity contribution in [3.63, 3.8) is 0 Å². The topological polar surface area (TPSA) is 62.6 Å². The van der Waals surface area contributed by atoms with Crippen LogP contribution < -0.4 is 9.47 Å². The first-order valence-electron chi connectivity index (χ1n) is 7.75. The van der Waals surface area contributed by atoms with E-state index in [-0.39, 0.29) is 24.4 Å². The minimum absolute atomic E-state index is 0.0593. The molecule has 0 N–H and O–H groups in total. The van der Waals surface area contributed by atoms with Crippen molar-refractivity contribution in [2.45, 2.75) is 18.9 Å². The van der Waals surface area contributed by atoms with Crippen LogP contribution in [0.2, 0.25) is 0 Å². The summed E-state index contributed by atoms with van der Waals surface area (Å²) in [6.45, 7) is 1.27. The number of ether oxygens (including phenoxy) is 3. The van der Waals surface area contributed by atoms with E-state index in [2.05, 4.69) is 5.10 Å². The lowest BCUT2D eigenvalue weighted by Gasteiger charge is -2.20. The molecule has 1 fully saturated rings. The Bertz CT molecular complexity index is 740. The van der Waals surface area contributed by atoms with Gasteiger partial charge in [-0.15, -0.1) is 0 Å². The zero-order valence-electron chi connectivity index (χ0n) is 12.9. The lowest BCUT2D eigenvalue weighted by atomic mass is 10.2. The summed E-state index contributed by atoms with van der Waals surface area (Å²) < 4.78 is 18.4. The number of nitrogens with zero attached hydrogens (tertiary/aromatic N) is 2. The van der Waals surface area contributed by atoms with Gasteiger partial charge in [0.05, 0.1) is 12.1 Å². The Labute approximate surface area is 134 Å². The second kappa shape index (κ2) is 5.61. The highest BCUT2D eigenvalue weighted by atomic mass is 16.6. The van der Waals surface area contributed by atoms with E-state index in [1.807, 2.05) is 37.6 Å². The summed E-state index contributed by atoms with van der Waals surface area (Å²) in [4.78, 5) is 12.2. The van der Waals surface area contributed by atoms with Crippen LogP contribution in [-0.2, 0) is 23.2 Å². The first kappa shape index (κ1) is 14.1. The molecule has 1 aliphatic carbocycles. The van der Waals surface area contributed by atoms with Crippen LogP contribution in [0.3, 0.4) is 0 Å². The van der Waals surface area contributed by atoms with Gasteiger partial charge in [0.25, 0.3) is 0 Å². The average Bonchev–Trinajstić information content (AvgIpc) is 3.27. The Balaban J connectivity index is 1.38. The maximum atomic E-state index is 12.2. The van der Waals surface area contributed by atoms with Crippen molar-refractivity contribution < 1.29 is 19.0 Å². The lowest BCUT2D eigenvalue weighted by molar-refractivity contribution is -0.146. The number of carbonyl (C=O) groups is 1. The van der Waals surface area contributed by atoms with E-state index in [0.29, 0.717) is 24.7 Å². The van der Waals surface area contributed by atoms with Gasteiger partial charge in [0.2, 0.25) is 0 Å². The second-order valence-corrected chi connectivity index (χ2v) is 5.95. The van der Waals surface area contributed by atoms with Crippen molar-refractivity contribution in [3.8, 4) is 11.5 Å². The van der Waals surface area contributed by atoms with Gasteiger partial charge in [0, 0.05) is 24.7 Å². The first-order valence-corrected chi connectivity index (χ1v) is 7.75. The molecule has 0 spiro atoms. The van der Waals surface area contributed by atoms with Gasteiger partial charge < -0.3 is 14.2 Å². The number of aryl methyl sites for hydroxylation is 1. The van der Waals surface area contributed by atoms with Crippen LogP contribution in [0.25, 0.3) is 0 Å². The van der Waals surface area contributed by atoms with Crippen molar-refractivity contribution in [3.05, 3.63) is 41.7 Å². The smallest absolute Gasteiger partial charge is 0.309 e. The third-order valence-electron chi connectivity index (χ3n) is 4.26. The summed E-state index contributed by atoms with van der Waals surface area (Å²) in [6, 6.07) is 5.64. The minimum Gasteiger partial charge on any atom is -0.486 e. The van der Waals surface area contributed by atoms with E-state index in [0.717, 1.165) is 17.5 Å². The predicted molar refractivity (Wildman–Crippen MR) is 81.3 cm³/mol. The minimum atomic E-state index is -0.159. The van der Waals surface area contributed by atoms with Gasteiger partial charge in [0.15, 0.2) is 11.5 Å². The van der Waals surface area contributed by atoms with Crippen LogP contribution in [-0.4, -0.2) is 29.0 Å². The molecule has 1 aromatic carbocycles. The van der Waals surface area contributed by atoms with E-state index in [1.54, 1.807) is 4.68 Å². The SMILES string of the molecule is Cn1cc([C@@H]2C[C@H]2C(=O)OCc2cccc3c2OCCO3)cn1. The number of rotatable bonds is 4. The number of para-hydroxylation sites is 1. The maximum absolute atomic E-state index is 12.2. The molecule has 0 saturated heterocycles. The van der Waals surface area contributed by atoms with E-state index in [1.165, 1.54) is 0 Å². The van der Waals surface area contributed by atoms with Gasteiger partial charge in [-0.25, -0.2) is 0 Å². The molecule has 0 bridgehead atoms. The Morgan fingerprint density at radius 2 is 2.26 bits per heavy atom. The van der Waals surface area contributed by atoms with E-state index in [9.17, 15) is 4.79 Å². The molecular formula is C17H18N2O4. The number of fused-ring (bicyclic) bond motifs is 1. The highest BCUT2D eigenvalue weighted by Gasteiger charge is 2.45. The van der Waals surface area contributed by atoms with Crippen molar-refractivity contribution >= 4 is 5.97 Å². The molecule has 2 aromatic rings. The van der Waals surface area contributed by atoms with Crippen molar-refractivity contribution in [1.82, 2.24) is 9.78 Å². The highest BCUT2D eigenvalue weighted by molar-refractivity contribution is 5.77. The van der Waals surface area contributed by atoms with Crippen molar-refractivity contribution in [1.29, 1.82) is 0 Å². The molecule has 4 rings (SSSR count). The average molecular weight is 314 g/mol. The van der Waals surface area contributed by atoms with Crippen LogP contribution in [0.15, 0.2) is 30.6 Å². The number of benzene rings is 1. The van der Waals surface area contributed by atoms with E-state index < -0.39 is 0 Å². The third kappa shape index (κ3) is 2.76. The molecule has 0 amide bonds. The molecule has 120 valence electrons. The number of aromatic nitrogens is 2. The predicted octanol–water partition coefficient (Wildman–Crippen LogP) is 2.04. The molecule has 1 aliphatic heterocycles. The molecule has 6 heteroatoms. The van der Waals surface area contributed by atoms with Crippen LogP contribution in [0, 0.1) is 5.92 Å². The summed E-state index contributed by atoms with van der Waals surface area (Å²) in [5, 5.41) is 4.15. The summed E-state index contributed by atoms with van der Waals surface area (Å²) >= 11 is 0.